The van der Waals surface area contributed by atoms with Crippen LogP contribution in [0.2, 0.25) is 0 Å². The first-order chi connectivity index (χ1) is 8.69. The smallest absolute Gasteiger partial charge is 0.268 e. The number of aromatic amines is 1. The summed E-state index contributed by atoms with van der Waals surface area (Å²) in [6.07, 6.45) is 1.60. The number of nitrogens with two attached hydrogens (primary N) is 1. The van der Waals surface area contributed by atoms with E-state index in [1.54, 1.807) is 12.3 Å². The van der Waals surface area contributed by atoms with Crippen LogP contribution in [-0.2, 0) is 0 Å². The molecule has 0 saturated carbocycles. The van der Waals surface area contributed by atoms with Crippen LogP contribution < -0.4 is 16.6 Å². The predicted octanol–water partition coefficient (Wildman–Crippen LogP) is 2.04. The molecule has 6 heteroatoms. The first-order valence-corrected chi connectivity index (χ1v) is 6.01. The first kappa shape index (κ1) is 10.7. The second-order valence-corrected chi connectivity index (χ2v) is 4.91. The summed E-state index contributed by atoms with van der Waals surface area (Å²) in [6, 6.07) is 7.39. The Bertz CT molecular complexity index is 745. The maximum absolute atomic E-state index is 11.5. The maximum Gasteiger partial charge on any atom is 0.268 e. The molecule has 1 aliphatic heterocycles. The van der Waals surface area contributed by atoms with E-state index >= 15 is 0 Å². The van der Waals surface area contributed by atoms with E-state index in [1.807, 2.05) is 18.2 Å². The molecule has 5 nitrogen and oxygen atoms in total. The number of benzene rings is 1. The van der Waals surface area contributed by atoms with Crippen molar-refractivity contribution in [2.75, 3.05) is 11.1 Å². The van der Waals surface area contributed by atoms with Crippen LogP contribution in [0, 0.1) is 11.3 Å². The average molecular weight is 256 g/mol. The monoisotopic (exact) mass is 256 g/mol. The third-order valence-corrected chi connectivity index (χ3v) is 3.75. The Morgan fingerprint density at radius 2 is 2.17 bits per heavy atom. The van der Waals surface area contributed by atoms with Crippen molar-refractivity contribution in [2.45, 2.75) is 9.79 Å². The molecule has 2 aromatic rings. The van der Waals surface area contributed by atoms with Crippen LogP contribution in [0.3, 0.4) is 0 Å². The zero-order valence-corrected chi connectivity index (χ0v) is 9.97. The minimum Gasteiger partial charge on any atom is -0.399 e. The lowest BCUT2D eigenvalue weighted by Gasteiger charge is -2.21. The number of hydrogen-bond acceptors (Lipinski definition) is 5. The van der Waals surface area contributed by atoms with E-state index in [4.69, 9.17) is 11.0 Å². The molecule has 88 valence electrons. The van der Waals surface area contributed by atoms with Gasteiger partial charge in [-0.3, -0.25) is 4.79 Å². The molecule has 1 aromatic carbocycles. The standard InChI is InChI=1S/C12H8N4OS/c13-4-7-11-10(5-15-12(7)17)18-9-3-6(14)1-2-8(9)16-11/h1-3,5,16H,14H2,(H,15,17). The van der Waals surface area contributed by atoms with E-state index < -0.39 is 0 Å². The molecule has 0 amide bonds. The summed E-state index contributed by atoms with van der Waals surface area (Å²) < 4.78 is 0. The molecule has 18 heavy (non-hydrogen) atoms. The molecule has 3 rings (SSSR count). The Hall–Kier alpha value is -2.39. The summed E-state index contributed by atoms with van der Waals surface area (Å²) >= 11 is 1.47. The highest BCUT2D eigenvalue weighted by atomic mass is 32.2. The molecule has 4 N–H and O–H groups in total. The molecule has 0 bridgehead atoms. The summed E-state index contributed by atoms with van der Waals surface area (Å²) in [5.41, 5.74) is 7.53. The van der Waals surface area contributed by atoms with Gasteiger partial charge in [-0.1, -0.05) is 11.8 Å². The molecular formula is C12H8N4OS. The number of fused-ring (bicyclic) bond motifs is 2. The van der Waals surface area contributed by atoms with Crippen molar-refractivity contribution in [1.82, 2.24) is 4.98 Å². The van der Waals surface area contributed by atoms with Crippen molar-refractivity contribution in [1.29, 1.82) is 5.26 Å². The molecule has 0 spiro atoms. The van der Waals surface area contributed by atoms with Crippen LogP contribution in [0.25, 0.3) is 0 Å². The Morgan fingerprint density at radius 3 is 2.94 bits per heavy atom. The Morgan fingerprint density at radius 1 is 1.33 bits per heavy atom. The fraction of sp³-hybridized carbons (Fsp3) is 0. The van der Waals surface area contributed by atoms with Crippen molar-refractivity contribution in [3.8, 4) is 6.07 Å². The topological polar surface area (TPSA) is 94.7 Å². The van der Waals surface area contributed by atoms with Gasteiger partial charge in [0.25, 0.3) is 5.56 Å². The minimum absolute atomic E-state index is 0.0995. The van der Waals surface area contributed by atoms with E-state index in [0.29, 0.717) is 11.4 Å². The van der Waals surface area contributed by atoms with Gasteiger partial charge in [0, 0.05) is 16.8 Å². The number of nitrogen functional groups attached to an aromatic ring is 1. The fourth-order valence-corrected chi connectivity index (χ4v) is 2.84. The van der Waals surface area contributed by atoms with Crippen molar-refractivity contribution < 1.29 is 0 Å². The van der Waals surface area contributed by atoms with E-state index in [9.17, 15) is 4.79 Å². The highest BCUT2D eigenvalue weighted by molar-refractivity contribution is 7.99. The number of hydrogen-bond donors (Lipinski definition) is 3. The molecule has 2 heterocycles. The third kappa shape index (κ3) is 1.53. The fourth-order valence-electron chi connectivity index (χ4n) is 1.80. The molecule has 0 radical (unpaired) electrons. The molecular weight excluding hydrogens is 248 g/mol. The zero-order valence-electron chi connectivity index (χ0n) is 9.15. The molecule has 0 aliphatic carbocycles. The lowest BCUT2D eigenvalue weighted by Crippen LogP contribution is -2.14. The summed E-state index contributed by atoms with van der Waals surface area (Å²) in [6.45, 7) is 0. The maximum atomic E-state index is 11.5. The van der Waals surface area contributed by atoms with Gasteiger partial charge >= 0.3 is 0 Å². The summed E-state index contributed by atoms with van der Waals surface area (Å²) in [7, 11) is 0. The zero-order chi connectivity index (χ0) is 12.7. The number of nitrogens with one attached hydrogen (secondary N) is 2. The Kier molecular flexibility index (Phi) is 2.28. The van der Waals surface area contributed by atoms with Crippen LogP contribution in [0.5, 0.6) is 0 Å². The predicted molar refractivity (Wildman–Crippen MR) is 70.0 cm³/mol. The summed E-state index contributed by atoms with van der Waals surface area (Å²) in [5, 5.41) is 12.1. The summed E-state index contributed by atoms with van der Waals surface area (Å²) in [5.74, 6) is 0. The number of aromatic nitrogens is 1. The van der Waals surface area contributed by atoms with E-state index in [2.05, 4.69) is 10.3 Å². The number of nitriles is 1. The normalized spacial score (nSPS) is 11.9. The van der Waals surface area contributed by atoms with Crippen LogP contribution >= 0.6 is 11.8 Å². The minimum atomic E-state index is -0.386. The van der Waals surface area contributed by atoms with Gasteiger partial charge in [0.05, 0.1) is 16.3 Å². The van der Waals surface area contributed by atoms with Crippen molar-refractivity contribution >= 4 is 28.8 Å². The SMILES string of the molecule is N#Cc1c2c(c[nH]c1=O)Sc1cc(N)ccc1N2. The van der Waals surface area contributed by atoms with Gasteiger partial charge in [-0.2, -0.15) is 5.26 Å². The van der Waals surface area contributed by atoms with Crippen molar-refractivity contribution in [3.05, 3.63) is 40.3 Å². The van der Waals surface area contributed by atoms with E-state index in [0.717, 1.165) is 15.5 Å². The Balaban J connectivity index is 2.20. The van der Waals surface area contributed by atoms with Crippen LogP contribution in [0.1, 0.15) is 5.56 Å². The van der Waals surface area contributed by atoms with Crippen LogP contribution in [0.15, 0.2) is 39.0 Å². The lowest BCUT2D eigenvalue weighted by molar-refractivity contribution is 1.14. The summed E-state index contributed by atoms with van der Waals surface area (Å²) in [4.78, 5) is 15.9. The largest absolute Gasteiger partial charge is 0.399 e. The number of nitrogens with zero attached hydrogens (tertiary/aromatic N) is 1. The Labute approximate surface area is 107 Å². The van der Waals surface area contributed by atoms with Crippen LogP contribution in [-0.4, -0.2) is 4.98 Å². The van der Waals surface area contributed by atoms with Crippen LogP contribution in [0.4, 0.5) is 17.1 Å². The first-order valence-electron chi connectivity index (χ1n) is 5.19. The van der Waals surface area contributed by atoms with Gasteiger partial charge in [0.2, 0.25) is 0 Å². The quantitative estimate of drug-likeness (QED) is 0.535. The van der Waals surface area contributed by atoms with Crippen molar-refractivity contribution in [3.63, 3.8) is 0 Å². The van der Waals surface area contributed by atoms with E-state index in [1.165, 1.54) is 11.8 Å². The number of anilines is 3. The number of rotatable bonds is 0. The average Bonchev–Trinajstić information content (AvgIpc) is 2.36. The molecule has 1 aliphatic rings. The molecule has 1 aromatic heterocycles. The molecule has 0 atom stereocenters. The second kappa shape index (κ2) is 3.82. The van der Waals surface area contributed by atoms with Gasteiger partial charge in [0.1, 0.15) is 11.6 Å². The van der Waals surface area contributed by atoms with Gasteiger partial charge in [-0.25, -0.2) is 0 Å². The van der Waals surface area contributed by atoms with Crippen molar-refractivity contribution in [2.24, 2.45) is 0 Å². The lowest BCUT2D eigenvalue weighted by atomic mass is 10.2. The highest BCUT2D eigenvalue weighted by Gasteiger charge is 2.20. The highest BCUT2D eigenvalue weighted by Crippen LogP contribution is 2.44. The number of H-pyrrole nitrogens is 1. The van der Waals surface area contributed by atoms with Gasteiger partial charge in [0.15, 0.2) is 0 Å². The second-order valence-electron chi connectivity index (χ2n) is 3.83. The molecule has 0 fully saturated rings. The number of pyridine rings is 1. The molecule has 0 saturated heterocycles. The van der Waals surface area contributed by atoms with Gasteiger partial charge in [-0.15, -0.1) is 0 Å². The van der Waals surface area contributed by atoms with Gasteiger partial charge in [-0.05, 0) is 18.2 Å². The third-order valence-electron chi connectivity index (χ3n) is 2.65. The van der Waals surface area contributed by atoms with E-state index in [-0.39, 0.29) is 11.1 Å². The van der Waals surface area contributed by atoms with Gasteiger partial charge < -0.3 is 16.0 Å². The molecule has 0 unspecified atom stereocenters.